The molecule has 0 saturated heterocycles. The van der Waals surface area contributed by atoms with E-state index in [-0.39, 0.29) is 11.9 Å². The van der Waals surface area contributed by atoms with Crippen molar-refractivity contribution in [1.82, 2.24) is 5.32 Å². The molecule has 23 heavy (non-hydrogen) atoms. The molecule has 0 aromatic heterocycles. The van der Waals surface area contributed by atoms with E-state index < -0.39 is 5.41 Å². The number of hydrogen-bond donors (Lipinski definition) is 1. The predicted octanol–water partition coefficient (Wildman–Crippen LogP) is 3.87. The van der Waals surface area contributed by atoms with E-state index in [1.807, 2.05) is 24.4 Å². The molecule has 0 saturated carbocycles. The van der Waals surface area contributed by atoms with Gasteiger partial charge < -0.3 is 5.32 Å². The smallest absolute Gasteiger partial charge is 0.164 e. The van der Waals surface area contributed by atoms with Crippen molar-refractivity contribution in [3.05, 3.63) is 58.9 Å². The van der Waals surface area contributed by atoms with Crippen LogP contribution in [0.5, 0.6) is 0 Å². The molecular formula is C19H21N3O. The number of carbonyl (C=O) groups excluding carboxylic acids is 1. The fourth-order valence-electron chi connectivity index (χ4n) is 4.41. The van der Waals surface area contributed by atoms with Crippen LogP contribution in [0, 0.1) is 5.92 Å². The molecule has 1 aromatic carbocycles. The molecule has 1 aliphatic carbocycles. The van der Waals surface area contributed by atoms with Crippen LogP contribution >= 0.6 is 0 Å². The number of benzene rings is 1. The number of Topliss-reactive ketones (excluding diaryl/α,β-unsaturated/α-hetero) is 1. The highest BCUT2D eigenvalue weighted by Crippen LogP contribution is 2.51. The Labute approximate surface area is 136 Å². The zero-order valence-electron chi connectivity index (χ0n) is 13.5. The van der Waals surface area contributed by atoms with E-state index in [4.69, 9.17) is 0 Å². The summed E-state index contributed by atoms with van der Waals surface area (Å²) in [5.41, 5.74) is 3.89. The van der Waals surface area contributed by atoms with Crippen LogP contribution in [0.25, 0.3) is 0 Å². The third-order valence-electron chi connectivity index (χ3n) is 5.37. The summed E-state index contributed by atoms with van der Waals surface area (Å²) in [5, 5.41) is 12.0. The minimum absolute atomic E-state index is 0.132. The molecule has 1 N–H and O–H groups in total. The number of ketones is 1. The van der Waals surface area contributed by atoms with Gasteiger partial charge in [-0.3, -0.25) is 4.79 Å². The molecule has 3 atom stereocenters. The highest BCUT2D eigenvalue weighted by atomic mass is 16.1. The van der Waals surface area contributed by atoms with Crippen LogP contribution in [0.1, 0.15) is 38.7 Å². The van der Waals surface area contributed by atoms with Crippen molar-refractivity contribution in [1.29, 1.82) is 0 Å². The maximum atomic E-state index is 13.0. The molecule has 4 heteroatoms. The van der Waals surface area contributed by atoms with Gasteiger partial charge in [0, 0.05) is 23.3 Å². The molecule has 0 fully saturated rings. The summed E-state index contributed by atoms with van der Waals surface area (Å²) >= 11 is 0. The van der Waals surface area contributed by atoms with Crippen molar-refractivity contribution in [2.24, 2.45) is 16.1 Å². The molecule has 0 spiro atoms. The lowest BCUT2D eigenvalue weighted by Crippen LogP contribution is -2.50. The van der Waals surface area contributed by atoms with Gasteiger partial charge in [-0.25, -0.2) is 0 Å². The van der Waals surface area contributed by atoms with Crippen LogP contribution in [0.2, 0.25) is 0 Å². The van der Waals surface area contributed by atoms with Crippen LogP contribution in [0.3, 0.4) is 0 Å². The number of nitrogens with zero attached hydrogens (tertiary/aromatic N) is 2. The lowest BCUT2D eigenvalue weighted by atomic mass is 9.60. The Morgan fingerprint density at radius 1 is 1.26 bits per heavy atom. The van der Waals surface area contributed by atoms with Crippen molar-refractivity contribution < 1.29 is 4.79 Å². The summed E-state index contributed by atoms with van der Waals surface area (Å²) in [4.78, 5) is 13.0. The van der Waals surface area contributed by atoms with E-state index >= 15 is 0 Å². The second-order valence-corrected chi connectivity index (χ2v) is 6.78. The van der Waals surface area contributed by atoms with E-state index in [0.717, 1.165) is 29.7 Å². The molecule has 2 aliphatic heterocycles. The largest absolute Gasteiger partial charge is 0.362 e. The number of hydrogen-bond acceptors (Lipinski definition) is 4. The van der Waals surface area contributed by atoms with E-state index in [9.17, 15) is 4.79 Å². The van der Waals surface area contributed by atoms with Gasteiger partial charge in [0.25, 0.3) is 0 Å². The summed E-state index contributed by atoms with van der Waals surface area (Å²) in [6.07, 6.45) is 4.09. The Balaban J connectivity index is 2.00. The van der Waals surface area contributed by atoms with Gasteiger partial charge in [0.05, 0.1) is 11.6 Å². The Bertz CT molecular complexity index is 747. The molecule has 4 nitrogen and oxygen atoms in total. The SMILES string of the molecule is CC[C@]1(c2ccccc2)C2=CN=NC2NC2=C1C(=O)C[C@H](C)C2. The standard InChI is InChI=1S/C19H21N3O/c1-3-19(13-7-5-4-6-8-13)14-11-20-22-18(14)21-15-9-12(2)10-16(23)17(15)19/h4-8,11-12,18,21H,3,9-10H2,1-2H3/t12-,18?,19+/m1/s1. The highest BCUT2D eigenvalue weighted by molar-refractivity contribution is 6.01. The van der Waals surface area contributed by atoms with Crippen LogP contribution in [0.15, 0.2) is 63.6 Å². The van der Waals surface area contributed by atoms with Gasteiger partial charge in [-0.2, -0.15) is 10.2 Å². The van der Waals surface area contributed by atoms with Crippen LogP contribution in [-0.4, -0.2) is 11.9 Å². The van der Waals surface area contributed by atoms with Crippen molar-refractivity contribution >= 4 is 5.78 Å². The number of rotatable bonds is 2. The first-order chi connectivity index (χ1) is 11.2. The second kappa shape index (κ2) is 5.15. The Kier molecular flexibility index (Phi) is 3.22. The number of fused-ring (bicyclic) bond motifs is 1. The van der Waals surface area contributed by atoms with Crippen molar-refractivity contribution in [2.75, 3.05) is 0 Å². The monoisotopic (exact) mass is 307 g/mol. The fraction of sp³-hybridized carbons (Fsp3) is 0.421. The number of carbonyl (C=O) groups is 1. The molecule has 2 heterocycles. The van der Waals surface area contributed by atoms with E-state index in [1.54, 1.807) is 0 Å². The number of azo groups is 1. The normalized spacial score (nSPS) is 32.3. The molecule has 0 amide bonds. The lowest BCUT2D eigenvalue weighted by molar-refractivity contribution is -0.117. The summed E-state index contributed by atoms with van der Waals surface area (Å²) in [7, 11) is 0. The Morgan fingerprint density at radius 3 is 2.78 bits per heavy atom. The van der Waals surface area contributed by atoms with Gasteiger partial charge in [0.1, 0.15) is 0 Å². The molecule has 0 radical (unpaired) electrons. The third kappa shape index (κ3) is 1.94. The summed E-state index contributed by atoms with van der Waals surface area (Å²) in [6, 6.07) is 10.4. The molecule has 118 valence electrons. The van der Waals surface area contributed by atoms with Gasteiger partial charge in [-0.05, 0) is 24.3 Å². The number of allylic oxidation sites excluding steroid dienone is 2. The van der Waals surface area contributed by atoms with Gasteiger partial charge in [-0.15, -0.1) is 0 Å². The Hall–Kier alpha value is -2.23. The van der Waals surface area contributed by atoms with E-state index in [0.29, 0.717) is 12.3 Å². The van der Waals surface area contributed by atoms with Crippen molar-refractivity contribution in [2.45, 2.75) is 44.7 Å². The van der Waals surface area contributed by atoms with Gasteiger partial charge in [-0.1, -0.05) is 44.2 Å². The minimum Gasteiger partial charge on any atom is -0.362 e. The maximum absolute atomic E-state index is 13.0. The molecule has 4 rings (SSSR count). The highest BCUT2D eigenvalue weighted by Gasteiger charge is 2.51. The first-order valence-electron chi connectivity index (χ1n) is 8.36. The fourth-order valence-corrected chi connectivity index (χ4v) is 4.41. The second-order valence-electron chi connectivity index (χ2n) is 6.78. The molecule has 1 aromatic rings. The van der Waals surface area contributed by atoms with Crippen molar-refractivity contribution in [3.63, 3.8) is 0 Å². The van der Waals surface area contributed by atoms with E-state index in [1.165, 1.54) is 5.56 Å². The molecular weight excluding hydrogens is 286 g/mol. The van der Waals surface area contributed by atoms with Crippen LogP contribution < -0.4 is 5.32 Å². The Morgan fingerprint density at radius 2 is 2.04 bits per heavy atom. The minimum atomic E-state index is -0.396. The van der Waals surface area contributed by atoms with Crippen LogP contribution in [0.4, 0.5) is 0 Å². The van der Waals surface area contributed by atoms with E-state index in [2.05, 4.69) is 41.5 Å². The molecule has 1 unspecified atom stereocenters. The van der Waals surface area contributed by atoms with Gasteiger partial charge in [0.15, 0.2) is 11.9 Å². The summed E-state index contributed by atoms with van der Waals surface area (Å²) < 4.78 is 0. The average molecular weight is 307 g/mol. The third-order valence-corrected chi connectivity index (χ3v) is 5.37. The lowest BCUT2D eigenvalue weighted by Gasteiger charge is -2.46. The summed E-state index contributed by atoms with van der Waals surface area (Å²) in [6.45, 7) is 4.30. The topological polar surface area (TPSA) is 53.8 Å². The zero-order valence-corrected chi connectivity index (χ0v) is 13.5. The van der Waals surface area contributed by atoms with Crippen molar-refractivity contribution in [3.8, 4) is 0 Å². The van der Waals surface area contributed by atoms with Gasteiger partial charge in [0.2, 0.25) is 0 Å². The first kappa shape index (κ1) is 14.4. The van der Waals surface area contributed by atoms with Gasteiger partial charge >= 0.3 is 0 Å². The number of nitrogens with one attached hydrogen (secondary N) is 1. The quantitative estimate of drug-likeness (QED) is 0.902. The molecule has 0 bridgehead atoms. The summed E-state index contributed by atoms with van der Waals surface area (Å²) in [5.74, 6) is 0.645. The zero-order chi connectivity index (χ0) is 16.0. The van der Waals surface area contributed by atoms with Crippen LogP contribution in [-0.2, 0) is 10.2 Å². The maximum Gasteiger partial charge on any atom is 0.164 e. The first-order valence-corrected chi connectivity index (χ1v) is 8.36. The molecule has 3 aliphatic rings. The average Bonchev–Trinajstić information content (AvgIpc) is 3.02. The predicted molar refractivity (Wildman–Crippen MR) is 88.7 cm³/mol.